The van der Waals surface area contributed by atoms with Gasteiger partial charge in [-0.3, -0.25) is 0 Å². The molecule has 0 amide bonds. The number of hydrogen-bond donors (Lipinski definition) is 1. The smallest absolute Gasteiger partial charge is 0.134 e. The molecule has 1 aliphatic heterocycles. The van der Waals surface area contributed by atoms with Crippen molar-refractivity contribution in [2.45, 2.75) is 45.1 Å². The van der Waals surface area contributed by atoms with E-state index in [1.54, 1.807) is 0 Å². The summed E-state index contributed by atoms with van der Waals surface area (Å²) in [7, 11) is 0. The van der Waals surface area contributed by atoms with Gasteiger partial charge in [-0.15, -0.1) is 0 Å². The molecule has 0 bridgehead atoms. The maximum atomic E-state index is 5.82. The Morgan fingerprint density at radius 1 is 1.53 bits per heavy atom. The Hall–Kier alpha value is -1.00. The van der Waals surface area contributed by atoms with Crippen LogP contribution in [0.4, 0.5) is 0 Å². The van der Waals surface area contributed by atoms with Crippen molar-refractivity contribution < 1.29 is 4.74 Å². The minimum Gasteiger partial charge on any atom is -0.381 e. The molecule has 0 saturated carbocycles. The van der Waals surface area contributed by atoms with Crippen molar-refractivity contribution >= 4 is 0 Å². The van der Waals surface area contributed by atoms with Gasteiger partial charge in [0, 0.05) is 36.4 Å². The lowest BCUT2D eigenvalue weighted by Gasteiger charge is -2.21. The standard InChI is InChI=1S/C13H21N3O/c1-9(14)6-12-7-10(2)15-13(16-12)11-4-3-5-17-8-11/h7,9,11H,3-6,8,14H2,1-2H3. The van der Waals surface area contributed by atoms with E-state index < -0.39 is 0 Å². The molecule has 1 aromatic rings. The molecule has 1 aromatic heterocycles. The van der Waals surface area contributed by atoms with Crippen molar-refractivity contribution in [3.05, 3.63) is 23.3 Å². The number of ether oxygens (including phenoxy) is 1. The molecule has 1 saturated heterocycles. The molecule has 1 fully saturated rings. The van der Waals surface area contributed by atoms with Crippen LogP contribution in [-0.4, -0.2) is 29.2 Å². The Balaban J connectivity index is 2.18. The predicted octanol–water partition coefficient (Wildman–Crippen LogP) is 1.57. The summed E-state index contributed by atoms with van der Waals surface area (Å²) < 4.78 is 5.49. The van der Waals surface area contributed by atoms with Gasteiger partial charge in [0.05, 0.1) is 6.61 Å². The van der Waals surface area contributed by atoms with Crippen molar-refractivity contribution in [1.82, 2.24) is 9.97 Å². The Morgan fingerprint density at radius 2 is 2.35 bits per heavy atom. The third-order valence-electron chi connectivity index (χ3n) is 2.98. The summed E-state index contributed by atoms with van der Waals surface area (Å²) in [4.78, 5) is 9.16. The Bertz CT molecular complexity index is 373. The Labute approximate surface area is 103 Å². The average molecular weight is 235 g/mol. The number of nitrogens with two attached hydrogens (primary N) is 1. The minimum atomic E-state index is 0.139. The van der Waals surface area contributed by atoms with Crippen LogP contribution in [-0.2, 0) is 11.2 Å². The summed E-state index contributed by atoms with van der Waals surface area (Å²) in [6.45, 7) is 5.64. The van der Waals surface area contributed by atoms with Gasteiger partial charge in [0.15, 0.2) is 0 Å². The van der Waals surface area contributed by atoms with Crippen LogP contribution in [0.3, 0.4) is 0 Å². The van der Waals surface area contributed by atoms with Gasteiger partial charge < -0.3 is 10.5 Å². The highest BCUT2D eigenvalue weighted by Gasteiger charge is 2.19. The third kappa shape index (κ3) is 3.48. The molecular formula is C13H21N3O. The molecule has 4 heteroatoms. The van der Waals surface area contributed by atoms with Crippen LogP contribution >= 0.6 is 0 Å². The van der Waals surface area contributed by atoms with Crippen molar-refractivity contribution in [2.24, 2.45) is 5.73 Å². The molecule has 2 rings (SSSR count). The molecule has 1 aliphatic rings. The van der Waals surface area contributed by atoms with Crippen molar-refractivity contribution in [1.29, 1.82) is 0 Å². The molecule has 2 unspecified atom stereocenters. The SMILES string of the molecule is Cc1cc(CC(C)N)nc(C2CCCOC2)n1. The molecule has 4 nitrogen and oxygen atoms in total. The maximum absolute atomic E-state index is 5.82. The second kappa shape index (κ2) is 5.56. The number of aromatic nitrogens is 2. The zero-order valence-electron chi connectivity index (χ0n) is 10.6. The van der Waals surface area contributed by atoms with Gasteiger partial charge >= 0.3 is 0 Å². The first-order valence-corrected chi connectivity index (χ1v) is 6.33. The van der Waals surface area contributed by atoms with E-state index in [4.69, 9.17) is 10.5 Å². The maximum Gasteiger partial charge on any atom is 0.134 e. The van der Waals surface area contributed by atoms with E-state index >= 15 is 0 Å². The van der Waals surface area contributed by atoms with Crippen LogP contribution in [0.1, 0.15) is 42.9 Å². The normalized spacial score (nSPS) is 22.4. The van der Waals surface area contributed by atoms with E-state index in [-0.39, 0.29) is 6.04 Å². The zero-order valence-corrected chi connectivity index (χ0v) is 10.6. The minimum absolute atomic E-state index is 0.139. The van der Waals surface area contributed by atoms with E-state index in [1.807, 2.05) is 19.9 Å². The molecule has 0 radical (unpaired) electrons. The summed E-state index contributed by atoms with van der Waals surface area (Å²) in [5.41, 5.74) is 7.89. The van der Waals surface area contributed by atoms with Crippen LogP contribution in [0, 0.1) is 6.92 Å². The first-order valence-electron chi connectivity index (χ1n) is 6.33. The molecule has 0 aromatic carbocycles. The summed E-state index contributed by atoms with van der Waals surface area (Å²) in [6.07, 6.45) is 3.04. The summed E-state index contributed by atoms with van der Waals surface area (Å²) >= 11 is 0. The molecule has 0 spiro atoms. The van der Waals surface area contributed by atoms with Gasteiger partial charge in [-0.25, -0.2) is 9.97 Å². The molecular weight excluding hydrogens is 214 g/mol. The van der Waals surface area contributed by atoms with Crippen LogP contribution < -0.4 is 5.73 Å². The van der Waals surface area contributed by atoms with Gasteiger partial charge in [0.2, 0.25) is 0 Å². The predicted molar refractivity (Wildman–Crippen MR) is 66.9 cm³/mol. The lowest BCUT2D eigenvalue weighted by atomic mass is 10.0. The number of nitrogens with zero attached hydrogens (tertiary/aromatic N) is 2. The summed E-state index contributed by atoms with van der Waals surface area (Å²) in [5, 5.41) is 0. The number of rotatable bonds is 3. The Kier molecular flexibility index (Phi) is 4.07. The van der Waals surface area contributed by atoms with E-state index in [9.17, 15) is 0 Å². The molecule has 2 heterocycles. The van der Waals surface area contributed by atoms with Gasteiger partial charge in [-0.2, -0.15) is 0 Å². The third-order valence-corrected chi connectivity index (χ3v) is 2.98. The molecule has 94 valence electrons. The zero-order chi connectivity index (χ0) is 12.3. The average Bonchev–Trinajstić information content (AvgIpc) is 2.28. The summed E-state index contributed by atoms with van der Waals surface area (Å²) in [5.74, 6) is 1.29. The van der Waals surface area contributed by atoms with Crippen molar-refractivity contribution in [2.75, 3.05) is 13.2 Å². The van der Waals surface area contributed by atoms with Crippen LogP contribution in [0.5, 0.6) is 0 Å². The monoisotopic (exact) mass is 235 g/mol. The van der Waals surface area contributed by atoms with Crippen LogP contribution in [0.2, 0.25) is 0 Å². The second-order valence-electron chi connectivity index (χ2n) is 4.95. The lowest BCUT2D eigenvalue weighted by molar-refractivity contribution is 0.0779. The fourth-order valence-corrected chi connectivity index (χ4v) is 2.22. The van der Waals surface area contributed by atoms with E-state index in [1.165, 1.54) is 0 Å². The largest absolute Gasteiger partial charge is 0.381 e. The second-order valence-corrected chi connectivity index (χ2v) is 4.95. The molecule has 2 N–H and O–H groups in total. The summed E-state index contributed by atoms with van der Waals surface area (Å²) in [6, 6.07) is 2.16. The highest BCUT2D eigenvalue weighted by atomic mass is 16.5. The fraction of sp³-hybridized carbons (Fsp3) is 0.692. The fourth-order valence-electron chi connectivity index (χ4n) is 2.22. The van der Waals surface area contributed by atoms with Crippen LogP contribution in [0.25, 0.3) is 0 Å². The van der Waals surface area contributed by atoms with E-state index in [0.29, 0.717) is 5.92 Å². The highest BCUT2D eigenvalue weighted by Crippen LogP contribution is 2.23. The highest BCUT2D eigenvalue weighted by molar-refractivity contribution is 5.13. The van der Waals surface area contributed by atoms with Crippen molar-refractivity contribution in [3.63, 3.8) is 0 Å². The van der Waals surface area contributed by atoms with E-state index in [0.717, 1.165) is 49.7 Å². The van der Waals surface area contributed by atoms with Gasteiger partial charge in [-0.1, -0.05) is 0 Å². The molecule has 17 heavy (non-hydrogen) atoms. The first kappa shape index (κ1) is 12.5. The van der Waals surface area contributed by atoms with E-state index in [2.05, 4.69) is 9.97 Å². The topological polar surface area (TPSA) is 61.0 Å². The number of hydrogen-bond acceptors (Lipinski definition) is 4. The molecule has 0 aliphatic carbocycles. The van der Waals surface area contributed by atoms with Crippen molar-refractivity contribution in [3.8, 4) is 0 Å². The number of aryl methyl sites for hydroxylation is 1. The van der Waals surface area contributed by atoms with Gasteiger partial charge in [0.25, 0.3) is 0 Å². The Morgan fingerprint density at radius 3 is 3.00 bits per heavy atom. The van der Waals surface area contributed by atoms with Gasteiger partial charge in [-0.05, 0) is 32.8 Å². The quantitative estimate of drug-likeness (QED) is 0.864. The van der Waals surface area contributed by atoms with Crippen LogP contribution in [0.15, 0.2) is 6.07 Å². The molecule has 2 atom stereocenters. The first-order chi connectivity index (χ1) is 8.15. The lowest BCUT2D eigenvalue weighted by Crippen LogP contribution is -2.21. The van der Waals surface area contributed by atoms with Gasteiger partial charge in [0.1, 0.15) is 5.82 Å².